The lowest BCUT2D eigenvalue weighted by molar-refractivity contribution is -0.135. The Kier molecular flexibility index (Phi) is 1.63. The van der Waals surface area contributed by atoms with Crippen LogP contribution in [0.2, 0.25) is 0 Å². The van der Waals surface area contributed by atoms with E-state index in [-0.39, 0.29) is 25.2 Å². The van der Waals surface area contributed by atoms with Gasteiger partial charge < -0.3 is 19.9 Å². The molecule has 0 amide bonds. The molecule has 1 aromatic carbocycles. The summed E-state index contributed by atoms with van der Waals surface area (Å²) in [4.78, 5) is 11.2. The van der Waals surface area contributed by atoms with E-state index >= 15 is 0 Å². The highest BCUT2D eigenvalue weighted by Crippen LogP contribution is 2.45. The molecule has 1 unspecified atom stereocenters. The molecule has 0 saturated carbocycles. The van der Waals surface area contributed by atoms with E-state index in [1.807, 2.05) is 0 Å². The molecule has 2 heterocycles. The van der Waals surface area contributed by atoms with Gasteiger partial charge in [0, 0.05) is 6.04 Å². The minimum Gasteiger partial charge on any atom is -0.454 e. The van der Waals surface area contributed by atoms with Gasteiger partial charge in [-0.2, -0.15) is 0 Å². The molecule has 0 radical (unpaired) electrons. The molecule has 78 valence electrons. The van der Waals surface area contributed by atoms with Crippen molar-refractivity contribution in [3.05, 3.63) is 17.7 Å². The third-order valence-corrected chi connectivity index (χ3v) is 2.52. The molecular weight excluding hydrogens is 198 g/mol. The van der Waals surface area contributed by atoms with Gasteiger partial charge in [-0.3, -0.25) is 4.79 Å². The van der Waals surface area contributed by atoms with Gasteiger partial charge in [-0.05, 0) is 12.1 Å². The zero-order valence-corrected chi connectivity index (χ0v) is 7.86. The first-order valence-corrected chi connectivity index (χ1v) is 4.64. The molecule has 1 aromatic rings. The van der Waals surface area contributed by atoms with Crippen LogP contribution in [-0.4, -0.2) is 12.8 Å². The summed E-state index contributed by atoms with van der Waals surface area (Å²) in [5.74, 6) is 1.42. The van der Waals surface area contributed by atoms with E-state index in [0.29, 0.717) is 17.2 Å². The van der Waals surface area contributed by atoms with Crippen molar-refractivity contribution in [1.29, 1.82) is 0 Å². The summed E-state index contributed by atoms with van der Waals surface area (Å²) in [7, 11) is 0. The largest absolute Gasteiger partial charge is 0.454 e. The van der Waals surface area contributed by atoms with Crippen LogP contribution >= 0.6 is 0 Å². The van der Waals surface area contributed by atoms with Crippen molar-refractivity contribution in [2.45, 2.75) is 12.5 Å². The Morgan fingerprint density at radius 3 is 2.93 bits per heavy atom. The number of nitrogens with two attached hydrogens (primary N) is 1. The third-order valence-electron chi connectivity index (χ3n) is 2.52. The minimum absolute atomic E-state index is 0.173. The van der Waals surface area contributed by atoms with Crippen molar-refractivity contribution in [1.82, 2.24) is 0 Å². The van der Waals surface area contributed by atoms with Gasteiger partial charge in [-0.1, -0.05) is 0 Å². The normalized spacial score (nSPS) is 22.2. The van der Waals surface area contributed by atoms with Crippen LogP contribution in [0.15, 0.2) is 12.1 Å². The SMILES string of the molecule is NC1CC(=O)Oc2ccc3c(c21)OCO3. The maximum absolute atomic E-state index is 11.2. The predicted molar refractivity (Wildman–Crippen MR) is 49.7 cm³/mol. The number of hydrogen-bond acceptors (Lipinski definition) is 5. The summed E-state index contributed by atoms with van der Waals surface area (Å²) in [5, 5.41) is 0. The van der Waals surface area contributed by atoms with E-state index in [1.165, 1.54) is 0 Å². The Labute approximate surface area is 85.7 Å². The molecule has 3 rings (SSSR count). The third kappa shape index (κ3) is 1.16. The van der Waals surface area contributed by atoms with Crippen LogP contribution in [0, 0.1) is 0 Å². The van der Waals surface area contributed by atoms with Gasteiger partial charge in [-0.15, -0.1) is 0 Å². The van der Waals surface area contributed by atoms with E-state index in [2.05, 4.69) is 0 Å². The lowest BCUT2D eigenvalue weighted by Crippen LogP contribution is -2.25. The molecule has 0 aliphatic carbocycles. The van der Waals surface area contributed by atoms with Crippen LogP contribution in [0.4, 0.5) is 0 Å². The predicted octanol–water partition coefficient (Wildman–Crippen LogP) is 0.724. The number of esters is 1. The number of ether oxygens (including phenoxy) is 3. The number of benzene rings is 1. The summed E-state index contributed by atoms with van der Waals surface area (Å²) in [6, 6.07) is 3.02. The summed E-state index contributed by atoms with van der Waals surface area (Å²) in [6.07, 6.45) is 0.173. The zero-order valence-electron chi connectivity index (χ0n) is 7.86. The fourth-order valence-electron chi connectivity index (χ4n) is 1.86. The molecule has 0 bridgehead atoms. The highest BCUT2D eigenvalue weighted by Gasteiger charge is 2.31. The van der Waals surface area contributed by atoms with E-state index in [4.69, 9.17) is 19.9 Å². The van der Waals surface area contributed by atoms with Crippen LogP contribution in [0.25, 0.3) is 0 Å². The lowest BCUT2D eigenvalue weighted by Gasteiger charge is -2.22. The first-order chi connectivity index (χ1) is 7.25. The van der Waals surface area contributed by atoms with Gasteiger partial charge in [0.1, 0.15) is 5.75 Å². The molecule has 15 heavy (non-hydrogen) atoms. The number of hydrogen-bond donors (Lipinski definition) is 1. The number of carbonyl (C=O) groups is 1. The molecule has 1 atom stereocenters. The van der Waals surface area contributed by atoms with Gasteiger partial charge >= 0.3 is 5.97 Å². The average molecular weight is 207 g/mol. The summed E-state index contributed by atoms with van der Waals surface area (Å²) in [5.41, 5.74) is 6.60. The monoisotopic (exact) mass is 207 g/mol. The Bertz CT molecular complexity index is 443. The quantitative estimate of drug-likeness (QED) is 0.501. The van der Waals surface area contributed by atoms with Crippen molar-refractivity contribution in [3.8, 4) is 17.2 Å². The maximum Gasteiger partial charge on any atom is 0.313 e. The van der Waals surface area contributed by atoms with Crippen molar-refractivity contribution < 1.29 is 19.0 Å². The van der Waals surface area contributed by atoms with Gasteiger partial charge in [0.2, 0.25) is 6.79 Å². The van der Waals surface area contributed by atoms with Crippen molar-refractivity contribution in [2.24, 2.45) is 5.73 Å². The van der Waals surface area contributed by atoms with E-state index in [0.717, 1.165) is 5.56 Å². The van der Waals surface area contributed by atoms with E-state index in [9.17, 15) is 4.79 Å². The maximum atomic E-state index is 11.2. The van der Waals surface area contributed by atoms with Crippen LogP contribution in [0.5, 0.6) is 17.2 Å². The molecule has 5 heteroatoms. The molecule has 2 N–H and O–H groups in total. The molecule has 0 aromatic heterocycles. The van der Waals surface area contributed by atoms with Crippen LogP contribution in [0.3, 0.4) is 0 Å². The summed E-state index contributed by atoms with van der Waals surface area (Å²) < 4.78 is 15.6. The molecule has 5 nitrogen and oxygen atoms in total. The van der Waals surface area contributed by atoms with Gasteiger partial charge in [0.25, 0.3) is 0 Å². The average Bonchev–Trinajstić information content (AvgIpc) is 2.63. The Hall–Kier alpha value is -1.75. The standard InChI is InChI=1S/C10H9NO4/c11-5-3-8(12)15-6-1-2-7-10(9(5)6)14-4-13-7/h1-2,5H,3-4,11H2. The first kappa shape index (κ1) is 8.55. The number of fused-ring (bicyclic) bond motifs is 3. The van der Waals surface area contributed by atoms with Gasteiger partial charge in [-0.25, -0.2) is 0 Å². The van der Waals surface area contributed by atoms with Crippen LogP contribution < -0.4 is 19.9 Å². The first-order valence-electron chi connectivity index (χ1n) is 4.64. The molecule has 0 saturated heterocycles. The van der Waals surface area contributed by atoms with Crippen LogP contribution in [-0.2, 0) is 4.79 Å². The van der Waals surface area contributed by atoms with Crippen molar-refractivity contribution >= 4 is 5.97 Å². The summed E-state index contributed by atoms with van der Waals surface area (Å²) >= 11 is 0. The van der Waals surface area contributed by atoms with E-state index < -0.39 is 0 Å². The second-order valence-electron chi connectivity index (χ2n) is 3.50. The molecular formula is C10H9NO4. The topological polar surface area (TPSA) is 70.8 Å². The molecule has 2 aliphatic rings. The molecule has 0 spiro atoms. The molecule has 0 fully saturated rings. The lowest BCUT2D eigenvalue weighted by atomic mass is 9.99. The number of carbonyl (C=O) groups excluding carboxylic acids is 1. The summed E-state index contributed by atoms with van der Waals surface area (Å²) in [6.45, 7) is 0.187. The highest BCUT2D eigenvalue weighted by atomic mass is 16.7. The molecule has 2 aliphatic heterocycles. The van der Waals surface area contributed by atoms with Crippen molar-refractivity contribution in [3.63, 3.8) is 0 Å². The van der Waals surface area contributed by atoms with Crippen LogP contribution in [0.1, 0.15) is 18.0 Å². The van der Waals surface area contributed by atoms with Gasteiger partial charge in [0.15, 0.2) is 11.5 Å². The van der Waals surface area contributed by atoms with E-state index in [1.54, 1.807) is 12.1 Å². The fourth-order valence-corrected chi connectivity index (χ4v) is 1.86. The minimum atomic E-state index is -0.377. The second-order valence-corrected chi connectivity index (χ2v) is 3.50. The zero-order chi connectivity index (χ0) is 10.4. The van der Waals surface area contributed by atoms with Crippen molar-refractivity contribution in [2.75, 3.05) is 6.79 Å². The number of rotatable bonds is 0. The second kappa shape index (κ2) is 2.87. The fraction of sp³-hybridized carbons (Fsp3) is 0.300. The van der Waals surface area contributed by atoms with Gasteiger partial charge in [0.05, 0.1) is 12.0 Å². The smallest absolute Gasteiger partial charge is 0.313 e. The Balaban J connectivity index is 2.18. The Morgan fingerprint density at radius 1 is 1.27 bits per heavy atom. The Morgan fingerprint density at radius 2 is 2.07 bits per heavy atom. The highest BCUT2D eigenvalue weighted by molar-refractivity contribution is 5.78.